The zero-order valence-electron chi connectivity index (χ0n) is 14.5. The summed E-state index contributed by atoms with van der Waals surface area (Å²) in [5.74, 6) is 2.31. The van der Waals surface area contributed by atoms with Crippen LogP contribution in [0.3, 0.4) is 0 Å². The SMILES string of the molecule is CC(C)c1ccccc1OCCNC(=O)[C@H]1COc2ccccc2O1. The molecule has 3 rings (SSSR count). The molecule has 0 bridgehead atoms. The summed E-state index contributed by atoms with van der Waals surface area (Å²) in [4.78, 5) is 12.2. The van der Waals surface area contributed by atoms with Crippen LogP contribution in [0.1, 0.15) is 25.3 Å². The fraction of sp³-hybridized carbons (Fsp3) is 0.350. The monoisotopic (exact) mass is 341 g/mol. The second-order valence-corrected chi connectivity index (χ2v) is 6.20. The molecule has 0 radical (unpaired) electrons. The predicted octanol–water partition coefficient (Wildman–Crippen LogP) is 3.15. The summed E-state index contributed by atoms with van der Waals surface area (Å²) in [5, 5.41) is 2.83. The molecule has 0 fully saturated rings. The van der Waals surface area contributed by atoms with E-state index in [1.54, 1.807) is 6.07 Å². The van der Waals surface area contributed by atoms with Crippen LogP contribution in [-0.4, -0.2) is 31.8 Å². The maximum Gasteiger partial charge on any atom is 0.264 e. The number of amides is 1. The van der Waals surface area contributed by atoms with Crippen molar-refractivity contribution >= 4 is 5.91 Å². The first-order valence-corrected chi connectivity index (χ1v) is 8.53. The summed E-state index contributed by atoms with van der Waals surface area (Å²) in [6, 6.07) is 15.3. The van der Waals surface area contributed by atoms with E-state index < -0.39 is 6.10 Å². The molecule has 0 aromatic heterocycles. The molecule has 1 heterocycles. The van der Waals surface area contributed by atoms with Crippen LogP contribution < -0.4 is 19.5 Å². The lowest BCUT2D eigenvalue weighted by atomic mass is 10.0. The Kier molecular flexibility index (Phi) is 5.43. The van der Waals surface area contributed by atoms with Crippen molar-refractivity contribution < 1.29 is 19.0 Å². The van der Waals surface area contributed by atoms with Gasteiger partial charge < -0.3 is 19.5 Å². The van der Waals surface area contributed by atoms with Crippen molar-refractivity contribution in [3.63, 3.8) is 0 Å². The van der Waals surface area contributed by atoms with E-state index in [0.717, 1.165) is 11.3 Å². The number of nitrogens with one attached hydrogen (secondary N) is 1. The Morgan fingerprint density at radius 2 is 1.88 bits per heavy atom. The van der Waals surface area contributed by atoms with Gasteiger partial charge in [-0.3, -0.25) is 4.79 Å². The van der Waals surface area contributed by atoms with Crippen molar-refractivity contribution in [1.29, 1.82) is 0 Å². The third-order valence-electron chi connectivity index (χ3n) is 4.00. The molecule has 0 saturated carbocycles. The van der Waals surface area contributed by atoms with Crippen LogP contribution >= 0.6 is 0 Å². The minimum atomic E-state index is -0.641. The zero-order valence-corrected chi connectivity index (χ0v) is 14.5. The van der Waals surface area contributed by atoms with Gasteiger partial charge in [0.05, 0.1) is 6.54 Å². The van der Waals surface area contributed by atoms with Gasteiger partial charge in [0.2, 0.25) is 6.10 Å². The average Bonchev–Trinajstić information content (AvgIpc) is 2.64. The van der Waals surface area contributed by atoms with E-state index >= 15 is 0 Å². The third-order valence-corrected chi connectivity index (χ3v) is 4.00. The minimum absolute atomic E-state index is 0.199. The highest BCUT2D eigenvalue weighted by Crippen LogP contribution is 2.30. The molecule has 25 heavy (non-hydrogen) atoms. The van der Waals surface area contributed by atoms with Gasteiger partial charge in [0.1, 0.15) is 19.0 Å². The highest BCUT2D eigenvalue weighted by atomic mass is 16.6. The first-order chi connectivity index (χ1) is 12.1. The van der Waals surface area contributed by atoms with E-state index in [-0.39, 0.29) is 12.5 Å². The minimum Gasteiger partial charge on any atom is -0.491 e. The van der Waals surface area contributed by atoms with Gasteiger partial charge in [-0.25, -0.2) is 0 Å². The molecule has 5 heteroatoms. The van der Waals surface area contributed by atoms with Gasteiger partial charge in [-0.05, 0) is 29.7 Å². The maximum atomic E-state index is 12.2. The summed E-state index contributed by atoms with van der Waals surface area (Å²) >= 11 is 0. The molecule has 0 unspecified atom stereocenters. The van der Waals surface area contributed by atoms with E-state index in [1.807, 2.05) is 36.4 Å². The van der Waals surface area contributed by atoms with Gasteiger partial charge in [0.25, 0.3) is 5.91 Å². The molecular weight excluding hydrogens is 318 g/mol. The van der Waals surface area contributed by atoms with Gasteiger partial charge in [-0.1, -0.05) is 44.2 Å². The summed E-state index contributed by atoms with van der Waals surface area (Å²) in [6.45, 7) is 5.27. The van der Waals surface area contributed by atoms with Crippen LogP contribution in [0, 0.1) is 0 Å². The molecule has 1 N–H and O–H groups in total. The van der Waals surface area contributed by atoms with Crippen molar-refractivity contribution in [2.75, 3.05) is 19.8 Å². The Labute approximate surface area is 147 Å². The Bertz CT molecular complexity index is 729. The largest absolute Gasteiger partial charge is 0.491 e. The lowest BCUT2D eigenvalue weighted by molar-refractivity contribution is -0.130. The Morgan fingerprint density at radius 1 is 1.16 bits per heavy atom. The van der Waals surface area contributed by atoms with Gasteiger partial charge in [0, 0.05) is 0 Å². The molecule has 2 aromatic rings. The molecule has 1 amide bonds. The number of fused-ring (bicyclic) bond motifs is 1. The van der Waals surface area contributed by atoms with Crippen molar-refractivity contribution in [3.05, 3.63) is 54.1 Å². The summed E-state index contributed by atoms with van der Waals surface area (Å²) in [6.07, 6.45) is -0.641. The van der Waals surface area contributed by atoms with Crippen molar-refractivity contribution in [2.45, 2.75) is 25.9 Å². The lowest BCUT2D eigenvalue weighted by Gasteiger charge is -2.25. The quantitative estimate of drug-likeness (QED) is 0.820. The first kappa shape index (κ1) is 17.1. The van der Waals surface area contributed by atoms with E-state index in [2.05, 4.69) is 25.2 Å². The molecule has 1 aliphatic rings. The normalized spacial score (nSPS) is 15.7. The maximum absolute atomic E-state index is 12.2. The fourth-order valence-electron chi connectivity index (χ4n) is 2.69. The number of hydrogen-bond acceptors (Lipinski definition) is 4. The predicted molar refractivity (Wildman–Crippen MR) is 95.4 cm³/mol. The smallest absolute Gasteiger partial charge is 0.264 e. The van der Waals surface area contributed by atoms with Gasteiger partial charge in [0.15, 0.2) is 11.5 Å². The van der Waals surface area contributed by atoms with Crippen LogP contribution in [-0.2, 0) is 4.79 Å². The van der Waals surface area contributed by atoms with Crippen LogP contribution in [0.4, 0.5) is 0 Å². The first-order valence-electron chi connectivity index (χ1n) is 8.53. The summed E-state index contributed by atoms with van der Waals surface area (Å²) < 4.78 is 17.0. The van der Waals surface area contributed by atoms with Gasteiger partial charge in [-0.2, -0.15) is 0 Å². The molecule has 5 nitrogen and oxygen atoms in total. The Hall–Kier alpha value is -2.69. The van der Waals surface area contributed by atoms with Crippen molar-refractivity contribution in [3.8, 4) is 17.2 Å². The molecule has 1 aliphatic heterocycles. The average molecular weight is 341 g/mol. The molecule has 0 aliphatic carbocycles. The summed E-state index contributed by atoms with van der Waals surface area (Å²) in [5.41, 5.74) is 1.16. The highest BCUT2D eigenvalue weighted by molar-refractivity contribution is 5.81. The molecule has 1 atom stereocenters. The molecule has 0 saturated heterocycles. The van der Waals surface area contributed by atoms with Crippen molar-refractivity contribution in [2.24, 2.45) is 0 Å². The topological polar surface area (TPSA) is 56.8 Å². The standard InChI is InChI=1S/C20H23NO4/c1-14(2)15-7-3-4-8-16(15)23-12-11-21-20(22)19-13-24-17-9-5-6-10-18(17)25-19/h3-10,14,19H,11-13H2,1-2H3,(H,21,22)/t19-/m1/s1. The fourth-order valence-corrected chi connectivity index (χ4v) is 2.69. The van der Waals surface area contributed by atoms with Crippen LogP contribution in [0.2, 0.25) is 0 Å². The van der Waals surface area contributed by atoms with Crippen LogP contribution in [0.5, 0.6) is 17.2 Å². The number of rotatable bonds is 6. The van der Waals surface area contributed by atoms with E-state index in [1.165, 1.54) is 0 Å². The third kappa shape index (κ3) is 4.24. The van der Waals surface area contributed by atoms with Gasteiger partial charge >= 0.3 is 0 Å². The lowest BCUT2D eigenvalue weighted by Crippen LogP contribution is -2.45. The van der Waals surface area contributed by atoms with E-state index in [0.29, 0.717) is 30.6 Å². The van der Waals surface area contributed by atoms with E-state index in [9.17, 15) is 4.79 Å². The number of carbonyl (C=O) groups excluding carboxylic acids is 1. The molecular formula is C20H23NO4. The van der Waals surface area contributed by atoms with E-state index in [4.69, 9.17) is 14.2 Å². The second kappa shape index (κ2) is 7.92. The Morgan fingerprint density at radius 3 is 2.68 bits per heavy atom. The van der Waals surface area contributed by atoms with Crippen LogP contribution in [0.15, 0.2) is 48.5 Å². The molecule has 132 valence electrons. The van der Waals surface area contributed by atoms with Gasteiger partial charge in [-0.15, -0.1) is 0 Å². The number of ether oxygens (including phenoxy) is 3. The zero-order chi connectivity index (χ0) is 17.6. The number of carbonyl (C=O) groups is 1. The molecule has 2 aromatic carbocycles. The number of benzene rings is 2. The Balaban J connectivity index is 1.46. The number of para-hydroxylation sites is 3. The number of hydrogen-bond donors (Lipinski definition) is 1. The highest BCUT2D eigenvalue weighted by Gasteiger charge is 2.26. The summed E-state index contributed by atoms with van der Waals surface area (Å²) in [7, 11) is 0. The van der Waals surface area contributed by atoms with Crippen LogP contribution in [0.25, 0.3) is 0 Å². The molecule has 0 spiro atoms. The second-order valence-electron chi connectivity index (χ2n) is 6.20. The van der Waals surface area contributed by atoms with Crippen molar-refractivity contribution in [1.82, 2.24) is 5.32 Å².